The first-order chi connectivity index (χ1) is 18.4. The summed E-state index contributed by atoms with van der Waals surface area (Å²) in [5.74, 6) is -0.231. The lowest BCUT2D eigenvalue weighted by atomic mass is 9.92. The number of aromatic nitrogens is 4. The fraction of sp³-hybridized carbons (Fsp3) is 0.214. The lowest BCUT2D eigenvalue weighted by Crippen LogP contribution is -2.29. The third kappa shape index (κ3) is 4.90. The number of hydrogen-bond acceptors (Lipinski definition) is 5. The molecule has 6 rings (SSSR count). The number of aromatic amines is 1. The first-order valence-corrected chi connectivity index (χ1v) is 12.8. The summed E-state index contributed by atoms with van der Waals surface area (Å²) < 4.78 is 15.5. The van der Waals surface area contributed by atoms with Crippen LogP contribution >= 0.6 is 11.6 Å². The average Bonchev–Trinajstić information content (AvgIpc) is 3.52. The number of pyridine rings is 1. The number of fused-ring (bicyclic) bond motifs is 2. The van der Waals surface area contributed by atoms with Crippen molar-refractivity contribution >= 4 is 45.9 Å². The third-order valence-electron chi connectivity index (χ3n) is 6.85. The Labute approximate surface area is 222 Å². The Bertz CT molecular complexity index is 1670. The second-order valence-corrected chi connectivity index (χ2v) is 9.95. The molecule has 0 atom stereocenters. The van der Waals surface area contributed by atoms with Gasteiger partial charge in [-0.25, -0.2) is 14.4 Å². The Kier molecular flexibility index (Phi) is 6.39. The molecule has 5 aromatic rings. The quantitative estimate of drug-likeness (QED) is 0.252. The number of carbonyl (C=O) groups is 2. The minimum atomic E-state index is -0.457. The molecule has 192 valence electrons. The maximum atomic E-state index is 13.8. The average molecular weight is 531 g/mol. The van der Waals surface area contributed by atoms with Gasteiger partial charge < -0.3 is 10.3 Å². The summed E-state index contributed by atoms with van der Waals surface area (Å²) >= 11 is 6.00. The number of piperidine rings is 1. The molecule has 3 aromatic heterocycles. The summed E-state index contributed by atoms with van der Waals surface area (Å²) in [6, 6.07) is 15.0. The van der Waals surface area contributed by atoms with Crippen molar-refractivity contribution in [3.05, 3.63) is 83.0 Å². The molecule has 0 spiro atoms. The van der Waals surface area contributed by atoms with Crippen molar-refractivity contribution in [3.63, 3.8) is 0 Å². The Hall–Kier alpha value is -4.08. The number of halogens is 2. The zero-order valence-corrected chi connectivity index (χ0v) is 21.1. The lowest BCUT2D eigenvalue weighted by molar-refractivity contribution is 0.0945. The van der Waals surface area contributed by atoms with Crippen LogP contribution in [0.3, 0.4) is 0 Å². The Balaban J connectivity index is 1.22. The number of Topliss-reactive ketones (excluding diaryl/α,β-unsaturated/α-hetero) is 1. The standard InChI is InChI=1S/C28H24ClFN6O2/c29-19-11-18(12-20(30)14-19)17-4-5-21-22(13-17)34-28(33-21)35-27(38)23-15-36-24(2-1-3-26(36)32-23)25(37)10-16-6-8-31-9-7-16/h1-5,11-16,31H,6-10H2,(H2,33,34,35,38). The number of H-pyrrole nitrogens is 1. The molecule has 1 fully saturated rings. The molecular formula is C28H24ClFN6O2. The highest BCUT2D eigenvalue weighted by Crippen LogP contribution is 2.28. The number of benzene rings is 2. The van der Waals surface area contributed by atoms with Crippen molar-refractivity contribution in [3.8, 4) is 11.1 Å². The summed E-state index contributed by atoms with van der Waals surface area (Å²) in [5.41, 5.74) is 3.89. The van der Waals surface area contributed by atoms with Crippen molar-refractivity contribution in [2.75, 3.05) is 18.4 Å². The van der Waals surface area contributed by atoms with Gasteiger partial charge in [0.1, 0.15) is 17.2 Å². The molecule has 0 aliphatic carbocycles. The van der Waals surface area contributed by atoms with Gasteiger partial charge in [0.25, 0.3) is 5.91 Å². The number of carbonyl (C=O) groups excluding carboxylic acids is 2. The van der Waals surface area contributed by atoms with Crippen LogP contribution in [0.25, 0.3) is 27.8 Å². The van der Waals surface area contributed by atoms with Gasteiger partial charge in [-0.3, -0.25) is 19.3 Å². The van der Waals surface area contributed by atoms with Crippen molar-refractivity contribution in [2.24, 2.45) is 5.92 Å². The molecule has 0 unspecified atom stereocenters. The van der Waals surface area contributed by atoms with E-state index >= 15 is 0 Å². The van der Waals surface area contributed by atoms with Crippen LogP contribution in [0.15, 0.2) is 60.8 Å². The molecule has 2 aromatic carbocycles. The van der Waals surface area contributed by atoms with Crippen LogP contribution in [0.5, 0.6) is 0 Å². The molecule has 1 aliphatic heterocycles. The van der Waals surface area contributed by atoms with Gasteiger partial charge >= 0.3 is 0 Å². The molecule has 0 saturated carbocycles. The first-order valence-electron chi connectivity index (χ1n) is 12.4. The topological polar surface area (TPSA) is 104 Å². The summed E-state index contributed by atoms with van der Waals surface area (Å²) in [7, 11) is 0. The Morgan fingerprint density at radius 1 is 1.05 bits per heavy atom. The summed E-state index contributed by atoms with van der Waals surface area (Å²) in [6.45, 7) is 1.86. The smallest absolute Gasteiger partial charge is 0.278 e. The van der Waals surface area contributed by atoms with Gasteiger partial charge in [0.15, 0.2) is 5.78 Å². The van der Waals surface area contributed by atoms with Gasteiger partial charge in [0.05, 0.1) is 16.7 Å². The minimum absolute atomic E-state index is 0.0412. The van der Waals surface area contributed by atoms with Crippen molar-refractivity contribution in [2.45, 2.75) is 19.3 Å². The predicted molar refractivity (Wildman–Crippen MR) is 144 cm³/mol. The number of nitrogens with zero attached hydrogens (tertiary/aromatic N) is 3. The predicted octanol–water partition coefficient (Wildman–Crippen LogP) is 5.49. The van der Waals surface area contributed by atoms with E-state index in [9.17, 15) is 14.0 Å². The van der Waals surface area contributed by atoms with Crippen LogP contribution in [0.1, 0.15) is 40.2 Å². The second-order valence-electron chi connectivity index (χ2n) is 9.52. The highest BCUT2D eigenvalue weighted by atomic mass is 35.5. The van der Waals surface area contributed by atoms with E-state index in [0.717, 1.165) is 31.5 Å². The van der Waals surface area contributed by atoms with Crippen LogP contribution in [-0.4, -0.2) is 44.1 Å². The maximum absolute atomic E-state index is 13.8. The summed E-state index contributed by atoms with van der Waals surface area (Å²) in [4.78, 5) is 38.0. The zero-order valence-electron chi connectivity index (χ0n) is 20.3. The van der Waals surface area contributed by atoms with Crippen LogP contribution in [0.2, 0.25) is 5.02 Å². The van der Waals surface area contributed by atoms with Crippen molar-refractivity contribution in [1.82, 2.24) is 24.7 Å². The minimum Gasteiger partial charge on any atom is -0.324 e. The number of amides is 1. The number of ketones is 1. The van der Waals surface area contributed by atoms with Crippen LogP contribution in [0.4, 0.5) is 10.3 Å². The van der Waals surface area contributed by atoms with Crippen LogP contribution < -0.4 is 10.6 Å². The van der Waals surface area contributed by atoms with E-state index in [1.165, 1.54) is 12.1 Å². The number of hydrogen-bond donors (Lipinski definition) is 3. The van der Waals surface area contributed by atoms with E-state index in [2.05, 4.69) is 25.6 Å². The molecular weight excluding hydrogens is 507 g/mol. The summed E-state index contributed by atoms with van der Waals surface area (Å²) in [6.07, 6.45) is 4.01. The zero-order chi connectivity index (χ0) is 26.2. The fourth-order valence-electron chi connectivity index (χ4n) is 4.94. The van der Waals surface area contributed by atoms with Gasteiger partial charge in [-0.15, -0.1) is 0 Å². The molecule has 0 bridgehead atoms. The second kappa shape index (κ2) is 10.00. The van der Waals surface area contributed by atoms with E-state index in [1.807, 2.05) is 12.1 Å². The Morgan fingerprint density at radius 2 is 1.89 bits per heavy atom. The molecule has 1 aliphatic rings. The molecule has 3 N–H and O–H groups in total. The van der Waals surface area contributed by atoms with Gasteiger partial charge in [-0.2, -0.15) is 0 Å². The molecule has 38 heavy (non-hydrogen) atoms. The SMILES string of the molecule is O=C(Nc1nc2ccc(-c3cc(F)cc(Cl)c3)cc2[nH]1)c1cn2c(C(=O)CC3CCNCC3)cccc2n1. The van der Waals surface area contributed by atoms with E-state index in [-0.39, 0.29) is 17.4 Å². The molecule has 1 amide bonds. The molecule has 1 saturated heterocycles. The molecule has 10 heteroatoms. The van der Waals surface area contributed by atoms with E-state index in [1.54, 1.807) is 40.9 Å². The molecule has 0 radical (unpaired) electrons. The van der Waals surface area contributed by atoms with Crippen LogP contribution in [-0.2, 0) is 0 Å². The van der Waals surface area contributed by atoms with E-state index in [4.69, 9.17) is 11.6 Å². The molecule has 8 nitrogen and oxygen atoms in total. The fourth-order valence-corrected chi connectivity index (χ4v) is 5.16. The maximum Gasteiger partial charge on any atom is 0.278 e. The van der Waals surface area contributed by atoms with Crippen molar-refractivity contribution < 1.29 is 14.0 Å². The van der Waals surface area contributed by atoms with Gasteiger partial charge in [0.2, 0.25) is 5.95 Å². The number of rotatable bonds is 6. The first kappa shape index (κ1) is 24.3. The van der Waals surface area contributed by atoms with Crippen LogP contribution in [0, 0.1) is 11.7 Å². The lowest BCUT2D eigenvalue weighted by Gasteiger charge is -2.21. The monoisotopic (exact) mass is 530 g/mol. The normalized spacial score (nSPS) is 14.3. The summed E-state index contributed by atoms with van der Waals surface area (Å²) in [5, 5.41) is 6.37. The van der Waals surface area contributed by atoms with E-state index in [0.29, 0.717) is 45.3 Å². The van der Waals surface area contributed by atoms with Crippen molar-refractivity contribution in [1.29, 1.82) is 0 Å². The number of anilines is 1. The number of imidazole rings is 2. The van der Waals surface area contributed by atoms with Gasteiger partial charge in [0, 0.05) is 17.6 Å². The highest BCUT2D eigenvalue weighted by Gasteiger charge is 2.21. The van der Waals surface area contributed by atoms with E-state index < -0.39 is 11.7 Å². The molecule has 4 heterocycles. The Morgan fingerprint density at radius 3 is 2.71 bits per heavy atom. The van der Waals surface area contributed by atoms with Gasteiger partial charge in [-0.1, -0.05) is 23.7 Å². The largest absolute Gasteiger partial charge is 0.324 e. The number of nitrogens with one attached hydrogen (secondary N) is 3. The van der Waals surface area contributed by atoms with Gasteiger partial charge in [-0.05, 0) is 85.4 Å². The third-order valence-corrected chi connectivity index (χ3v) is 7.07. The highest BCUT2D eigenvalue weighted by molar-refractivity contribution is 6.30.